The second-order valence-electron chi connectivity index (χ2n) is 6.63. The number of terminal acetylenes is 1. The molecule has 146 valence electrons. The largest absolute Gasteiger partial charge is 0.456 e. The minimum absolute atomic E-state index is 0.179. The lowest BCUT2D eigenvalue weighted by molar-refractivity contribution is 0.00694. The first-order valence-corrected chi connectivity index (χ1v) is 11.1. The van der Waals surface area contributed by atoms with Crippen molar-refractivity contribution in [2.24, 2.45) is 0 Å². The van der Waals surface area contributed by atoms with Crippen LogP contribution in [0.4, 0.5) is 0 Å². The molecule has 0 aliphatic carbocycles. The van der Waals surface area contributed by atoms with Gasteiger partial charge < -0.3 is 4.74 Å². The van der Waals surface area contributed by atoms with Crippen LogP contribution in [0.2, 0.25) is 0 Å². The van der Waals surface area contributed by atoms with E-state index in [0.717, 1.165) is 10.0 Å². The molecule has 5 nitrogen and oxygen atoms in total. The van der Waals surface area contributed by atoms with Gasteiger partial charge in [-0.1, -0.05) is 39.5 Å². The van der Waals surface area contributed by atoms with Crippen LogP contribution in [0.1, 0.15) is 28.8 Å². The summed E-state index contributed by atoms with van der Waals surface area (Å²) >= 11 is 3.32. The number of halogens is 1. The normalized spacial score (nSPS) is 20.3. The van der Waals surface area contributed by atoms with E-state index in [9.17, 15) is 13.2 Å². The van der Waals surface area contributed by atoms with Crippen molar-refractivity contribution in [1.29, 1.82) is 0 Å². The summed E-state index contributed by atoms with van der Waals surface area (Å²) in [4.78, 5) is 12.7. The number of piperidine rings is 1. The molecule has 0 aromatic heterocycles. The molecule has 1 saturated heterocycles. The molecule has 0 amide bonds. The van der Waals surface area contributed by atoms with Gasteiger partial charge in [0.15, 0.2) is 0 Å². The van der Waals surface area contributed by atoms with Crippen molar-refractivity contribution in [3.63, 3.8) is 0 Å². The quantitative estimate of drug-likeness (QED) is 0.513. The molecule has 3 rings (SSSR count). The number of carbonyl (C=O) groups excluding carboxylic acids is 1. The number of esters is 1. The van der Waals surface area contributed by atoms with Gasteiger partial charge in [-0.05, 0) is 56.2 Å². The molecule has 1 aliphatic rings. The highest BCUT2D eigenvalue weighted by Crippen LogP contribution is 2.28. The molecule has 0 saturated carbocycles. The number of nitrogens with zero attached hydrogens (tertiary/aromatic N) is 1. The lowest BCUT2D eigenvalue weighted by Crippen LogP contribution is -2.51. The molecular formula is C21H20BrNO4S. The first-order valence-electron chi connectivity index (χ1n) is 8.84. The van der Waals surface area contributed by atoms with Crippen molar-refractivity contribution < 1.29 is 17.9 Å². The van der Waals surface area contributed by atoms with E-state index in [1.165, 1.54) is 4.31 Å². The summed E-state index contributed by atoms with van der Waals surface area (Å²) in [5.41, 5.74) is 1.35. The maximum absolute atomic E-state index is 13.1. The third kappa shape index (κ3) is 4.30. The molecule has 2 aromatic carbocycles. The summed E-state index contributed by atoms with van der Waals surface area (Å²) < 4.78 is 33.9. The number of hydrogen-bond acceptors (Lipinski definition) is 4. The van der Waals surface area contributed by atoms with Crippen molar-refractivity contribution >= 4 is 31.9 Å². The Hall–Kier alpha value is -2.14. The van der Waals surface area contributed by atoms with Gasteiger partial charge in [-0.2, -0.15) is 4.31 Å². The van der Waals surface area contributed by atoms with Crippen LogP contribution in [-0.2, 0) is 14.8 Å². The smallest absolute Gasteiger partial charge is 0.338 e. The van der Waals surface area contributed by atoms with Gasteiger partial charge in [-0.3, -0.25) is 0 Å². The van der Waals surface area contributed by atoms with Crippen LogP contribution in [0.15, 0.2) is 57.9 Å². The third-order valence-electron chi connectivity index (χ3n) is 4.67. The highest BCUT2D eigenvalue weighted by atomic mass is 79.9. The lowest BCUT2D eigenvalue weighted by Gasteiger charge is -2.36. The van der Waals surface area contributed by atoms with Gasteiger partial charge >= 0.3 is 5.97 Å². The van der Waals surface area contributed by atoms with Crippen molar-refractivity contribution in [1.82, 2.24) is 4.31 Å². The van der Waals surface area contributed by atoms with Crippen LogP contribution in [0.25, 0.3) is 0 Å². The van der Waals surface area contributed by atoms with E-state index in [1.807, 2.05) is 6.92 Å². The van der Waals surface area contributed by atoms with Crippen LogP contribution in [-0.4, -0.2) is 37.4 Å². The fraction of sp³-hybridized carbons (Fsp3) is 0.286. The van der Waals surface area contributed by atoms with Gasteiger partial charge in [-0.25, -0.2) is 13.2 Å². The minimum atomic E-state index is -3.79. The SMILES string of the molecule is C#C[C@H]1[C@H](OC(=O)c2ccc(Br)cc2)CCCN1S(=O)(=O)c1ccc(C)cc1. The Morgan fingerprint density at radius 2 is 1.82 bits per heavy atom. The summed E-state index contributed by atoms with van der Waals surface area (Å²) in [7, 11) is -3.79. The van der Waals surface area contributed by atoms with Crippen molar-refractivity contribution in [2.45, 2.75) is 36.8 Å². The predicted octanol–water partition coefficient (Wildman–Crippen LogP) is 3.77. The molecule has 7 heteroatoms. The average Bonchev–Trinajstić information content (AvgIpc) is 2.68. The van der Waals surface area contributed by atoms with Gasteiger partial charge in [0.2, 0.25) is 10.0 Å². The highest BCUT2D eigenvalue weighted by molar-refractivity contribution is 9.10. The van der Waals surface area contributed by atoms with E-state index in [2.05, 4.69) is 21.9 Å². The van der Waals surface area contributed by atoms with Crippen LogP contribution in [0, 0.1) is 19.3 Å². The maximum Gasteiger partial charge on any atom is 0.338 e. The van der Waals surface area contributed by atoms with Crippen LogP contribution < -0.4 is 0 Å². The van der Waals surface area contributed by atoms with Crippen LogP contribution >= 0.6 is 15.9 Å². The monoisotopic (exact) mass is 461 g/mol. The predicted molar refractivity (Wildman–Crippen MR) is 110 cm³/mol. The summed E-state index contributed by atoms with van der Waals surface area (Å²) in [6, 6.07) is 12.5. The van der Waals surface area contributed by atoms with Crippen molar-refractivity contribution in [2.75, 3.05) is 6.54 Å². The first kappa shape index (κ1) is 20.6. The third-order valence-corrected chi connectivity index (χ3v) is 7.09. The molecule has 28 heavy (non-hydrogen) atoms. The van der Waals surface area contributed by atoms with Crippen LogP contribution in [0.5, 0.6) is 0 Å². The molecule has 1 fully saturated rings. The van der Waals surface area contributed by atoms with Gasteiger partial charge in [0.1, 0.15) is 12.1 Å². The Morgan fingerprint density at radius 3 is 2.43 bits per heavy atom. The number of carbonyl (C=O) groups is 1. The van der Waals surface area contributed by atoms with Gasteiger partial charge in [-0.15, -0.1) is 6.42 Å². The lowest BCUT2D eigenvalue weighted by atomic mass is 10.0. The van der Waals surface area contributed by atoms with Crippen molar-refractivity contribution in [3.8, 4) is 12.3 Å². The molecule has 0 unspecified atom stereocenters. The molecule has 2 aromatic rings. The van der Waals surface area contributed by atoms with E-state index >= 15 is 0 Å². The zero-order valence-corrected chi connectivity index (χ0v) is 17.7. The molecule has 2 atom stereocenters. The van der Waals surface area contributed by atoms with Crippen molar-refractivity contribution in [3.05, 3.63) is 64.1 Å². The number of ether oxygens (including phenoxy) is 1. The molecule has 0 bridgehead atoms. The minimum Gasteiger partial charge on any atom is -0.456 e. The number of aryl methyl sites for hydroxylation is 1. The fourth-order valence-electron chi connectivity index (χ4n) is 3.15. The Balaban J connectivity index is 1.83. The molecular weight excluding hydrogens is 442 g/mol. The van der Waals surface area contributed by atoms with E-state index in [0.29, 0.717) is 18.4 Å². The number of hydrogen-bond donors (Lipinski definition) is 0. The van der Waals surface area contributed by atoms with E-state index < -0.39 is 28.1 Å². The topological polar surface area (TPSA) is 63.7 Å². The summed E-state index contributed by atoms with van der Waals surface area (Å²) in [5.74, 6) is 2.00. The molecule has 0 N–H and O–H groups in total. The zero-order valence-electron chi connectivity index (χ0n) is 15.3. The molecule has 1 aliphatic heterocycles. The zero-order chi connectivity index (χ0) is 20.3. The standard InChI is InChI=1S/C21H20BrNO4S/c1-3-19-20(27-21(24)16-8-10-17(22)11-9-16)5-4-14-23(19)28(25,26)18-12-6-15(2)7-13-18/h1,6-13,19-20H,4-5,14H2,2H3/t19-,20+/m0/s1. The second kappa shape index (κ2) is 8.48. The summed E-state index contributed by atoms with van der Waals surface area (Å²) in [6.45, 7) is 2.18. The number of sulfonamides is 1. The second-order valence-corrected chi connectivity index (χ2v) is 9.44. The van der Waals surface area contributed by atoms with E-state index in [1.54, 1.807) is 48.5 Å². The summed E-state index contributed by atoms with van der Waals surface area (Å²) in [5, 5.41) is 0. The van der Waals surface area contributed by atoms with Gasteiger partial charge in [0.25, 0.3) is 0 Å². The Labute approximate surface area is 173 Å². The Morgan fingerprint density at radius 1 is 1.18 bits per heavy atom. The number of rotatable bonds is 4. The Bertz CT molecular complexity index is 994. The maximum atomic E-state index is 13.1. The molecule has 0 radical (unpaired) electrons. The first-order chi connectivity index (χ1) is 13.3. The molecule has 0 spiro atoms. The summed E-state index contributed by atoms with van der Waals surface area (Å²) in [6.07, 6.45) is 6.03. The van der Waals surface area contributed by atoms with Gasteiger partial charge in [0, 0.05) is 11.0 Å². The average molecular weight is 462 g/mol. The Kier molecular flexibility index (Phi) is 6.23. The van der Waals surface area contributed by atoms with E-state index in [-0.39, 0.29) is 11.4 Å². The number of benzene rings is 2. The van der Waals surface area contributed by atoms with Gasteiger partial charge in [0.05, 0.1) is 10.5 Å². The van der Waals surface area contributed by atoms with E-state index in [4.69, 9.17) is 11.2 Å². The fourth-order valence-corrected chi connectivity index (χ4v) is 5.03. The highest BCUT2D eigenvalue weighted by Gasteiger charge is 2.40. The molecule has 1 heterocycles. The van der Waals surface area contributed by atoms with Crippen LogP contribution in [0.3, 0.4) is 0 Å².